The molecule has 0 unspecified atom stereocenters. The molecule has 2 aromatic rings. The standard InChI is InChI=1S/C19H24N2O4/c1-12-5-4-6-15-13(2)18(25-17(12)15)19(24)20(3)11-16(23)21-9-7-14(22)8-10-21/h4-6,14,22H,7-11H2,1-3H3. The van der Waals surface area contributed by atoms with Gasteiger partial charge in [-0.05, 0) is 32.3 Å². The SMILES string of the molecule is Cc1c(C(=O)N(C)CC(=O)N2CCC(O)CC2)oc2c(C)cccc12. The summed E-state index contributed by atoms with van der Waals surface area (Å²) < 4.78 is 5.80. The van der Waals surface area contributed by atoms with Gasteiger partial charge in [-0.15, -0.1) is 0 Å². The fourth-order valence-corrected chi connectivity index (χ4v) is 3.25. The van der Waals surface area contributed by atoms with Crippen molar-refractivity contribution in [1.82, 2.24) is 9.80 Å². The van der Waals surface area contributed by atoms with Crippen molar-refractivity contribution < 1.29 is 19.1 Å². The van der Waals surface area contributed by atoms with E-state index in [9.17, 15) is 14.7 Å². The molecule has 3 rings (SSSR count). The minimum absolute atomic E-state index is 0.00436. The molecule has 0 saturated carbocycles. The summed E-state index contributed by atoms with van der Waals surface area (Å²) in [5.74, 6) is -0.111. The van der Waals surface area contributed by atoms with Gasteiger partial charge >= 0.3 is 0 Å². The molecule has 6 nitrogen and oxygen atoms in total. The molecule has 2 amide bonds. The Kier molecular flexibility index (Phi) is 4.81. The number of likely N-dealkylation sites (N-methyl/N-ethyl adjacent to an activating group) is 1. The van der Waals surface area contributed by atoms with Crippen LogP contribution in [0.4, 0.5) is 0 Å². The number of carbonyl (C=O) groups excluding carboxylic acids is 2. The number of amides is 2. The maximum absolute atomic E-state index is 12.7. The average Bonchev–Trinajstić information content (AvgIpc) is 2.93. The lowest BCUT2D eigenvalue weighted by Crippen LogP contribution is -2.45. The topological polar surface area (TPSA) is 74.0 Å². The summed E-state index contributed by atoms with van der Waals surface area (Å²) in [7, 11) is 1.61. The number of furan rings is 1. The van der Waals surface area contributed by atoms with Crippen LogP contribution in [0.15, 0.2) is 22.6 Å². The highest BCUT2D eigenvalue weighted by molar-refractivity contribution is 6.00. The summed E-state index contributed by atoms with van der Waals surface area (Å²) in [6.45, 7) is 4.87. The van der Waals surface area contributed by atoms with Gasteiger partial charge in [0.25, 0.3) is 5.91 Å². The Morgan fingerprint density at radius 3 is 2.60 bits per heavy atom. The largest absolute Gasteiger partial charge is 0.450 e. The predicted octanol–water partition coefficient (Wildman–Crippen LogP) is 2.10. The molecule has 0 aliphatic carbocycles. The number of aliphatic hydroxyl groups excluding tert-OH is 1. The first-order chi connectivity index (χ1) is 11.9. The summed E-state index contributed by atoms with van der Waals surface area (Å²) in [4.78, 5) is 28.2. The fraction of sp³-hybridized carbons (Fsp3) is 0.474. The highest BCUT2D eigenvalue weighted by Gasteiger charge is 2.26. The number of piperidine rings is 1. The zero-order valence-electron chi connectivity index (χ0n) is 14.9. The van der Waals surface area contributed by atoms with E-state index in [1.165, 1.54) is 4.90 Å². The van der Waals surface area contributed by atoms with Gasteiger partial charge < -0.3 is 19.3 Å². The number of hydrogen-bond donors (Lipinski definition) is 1. The van der Waals surface area contributed by atoms with E-state index in [0.29, 0.717) is 31.5 Å². The monoisotopic (exact) mass is 344 g/mol. The van der Waals surface area contributed by atoms with Gasteiger partial charge in [0, 0.05) is 31.1 Å². The fourth-order valence-electron chi connectivity index (χ4n) is 3.25. The first-order valence-electron chi connectivity index (χ1n) is 8.58. The molecule has 0 radical (unpaired) electrons. The molecule has 1 aromatic carbocycles. The zero-order chi connectivity index (χ0) is 18.1. The van der Waals surface area contributed by atoms with Crippen LogP contribution in [-0.4, -0.2) is 59.5 Å². The summed E-state index contributed by atoms with van der Waals surface area (Å²) in [6.07, 6.45) is 0.848. The lowest BCUT2D eigenvalue weighted by Gasteiger charge is -2.30. The zero-order valence-corrected chi connectivity index (χ0v) is 14.9. The number of fused-ring (bicyclic) bond motifs is 1. The molecule has 1 aromatic heterocycles. The van der Waals surface area contributed by atoms with Crippen molar-refractivity contribution in [1.29, 1.82) is 0 Å². The van der Waals surface area contributed by atoms with Crippen LogP contribution >= 0.6 is 0 Å². The van der Waals surface area contributed by atoms with Crippen molar-refractivity contribution in [3.8, 4) is 0 Å². The summed E-state index contributed by atoms with van der Waals surface area (Å²) in [5, 5.41) is 10.5. The van der Waals surface area contributed by atoms with Crippen molar-refractivity contribution in [2.24, 2.45) is 0 Å². The molecular weight excluding hydrogens is 320 g/mol. The molecule has 0 bridgehead atoms. The Hall–Kier alpha value is -2.34. The van der Waals surface area contributed by atoms with E-state index in [-0.39, 0.29) is 30.2 Å². The van der Waals surface area contributed by atoms with E-state index < -0.39 is 0 Å². The molecule has 1 N–H and O–H groups in total. The number of nitrogens with zero attached hydrogens (tertiary/aromatic N) is 2. The summed E-state index contributed by atoms with van der Waals surface area (Å²) >= 11 is 0. The Bertz CT molecular complexity index is 803. The molecule has 6 heteroatoms. The molecule has 2 heterocycles. The Labute approximate surface area is 147 Å². The minimum atomic E-state index is -0.329. The van der Waals surface area contributed by atoms with Crippen LogP contribution in [-0.2, 0) is 4.79 Å². The second kappa shape index (κ2) is 6.88. The number of carbonyl (C=O) groups is 2. The van der Waals surface area contributed by atoms with Crippen LogP contribution < -0.4 is 0 Å². The molecule has 0 atom stereocenters. The van der Waals surface area contributed by atoms with Gasteiger partial charge in [-0.1, -0.05) is 18.2 Å². The van der Waals surface area contributed by atoms with E-state index in [1.54, 1.807) is 11.9 Å². The maximum atomic E-state index is 12.7. The highest BCUT2D eigenvalue weighted by atomic mass is 16.3. The number of para-hydroxylation sites is 1. The van der Waals surface area contributed by atoms with Crippen LogP contribution in [0, 0.1) is 13.8 Å². The molecule has 0 spiro atoms. The van der Waals surface area contributed by atoms with Gasteiger partial charge in [0.15, 0.2) is 5.76 Å². The van der Waals surface area contributed by atoms with Gasteiger partial charge in [0.1, 0.15) is 5.58 Å². The van der Waals surface area contributed by atoms with E-state index in [2.05, 4.69) is 0 Å². The molecule has 134 valence electrons. The number of likely N-dealkylation sites (tertiary alicyclic amines) is 1. The molecule has 1 saturated heterocycles. The second-order valence-electron chi connectivity index (χ2n) is 6.78. The van der Waals surface area contributed by atoms with Crippen molar-refractivity contribution in [3.05, 3.63) is 35.1 Å². The first kappa shape index (κ1) is 17.5. The quantitative estimate of drug-likeness (QED) is 0.925. The van der Waals surface area contributed by atoms with Gasteiger partial charge in [0.05, 0.1) is 12.6 Å². The number of aliphatic hydroxyl groups is 1. The third-order valence-electron chi connectivity index (χ3n) is 4.89. The number of benzene rings is 1. The van der Waals surface area contributed by atoms with Crippen molar-refractivity contribution >= 4 is 22.8 Å². The normalized spacial score (nSPS) is 15.6. The molecule has 1 aliphatic heterocycles. The van der Waals surface area contributed by atoms with Gasteiger partial charge in [-0.2, -0.15) is 0 Å². The third kappa shape index (κ3) is 3.39. The first-order valence-corrected chi connectivity index (χ1v) is 8.58. The highest BCUT2D eigenvalue weighted by Crippen LogP contribution is 2.28. The molecule has 1 fully saturated rings. The number of aryl methyl sites for hydroxylation is 2. The average molecular weight is 344 g/mol. The van der Waals surface area contributed by atoms with Crippen LogP contribution in [0.1, 0.15) is 34.5 Å². The lowest BCUT2D eigenvalue weighted by atomic mass is 10.1. The van der Waals surface area contributed by atoms with E-state index in [4.69, 9.17) is 4.42 Å². The summed E-state index contributed by atoms with van der Waals surface area (Å²) in [6, 6.07) is 5.81. The molecule has 25 heavy (non-hydrogen) atoms. The third-order valence-corrected chi connectivity index (χ3v) is 4.89. The predicted molar refractivity (Wildman–Crippen MR) is 94.5 cm³/mol. The lowest BCUT2D eigenvalue weighted by molar-refractivity contribution is -0.133. The Morgan fingerprint density at radius 2 is 1.96 bits per heavy atom. The van der Waals surface area contributed by atoms with Gasteiger partial charge in [-0.25, -0.2) is 0 Å². The van der Waals surface area contributed by atoms with Crippen molar-refractivity contribution in [3.63, 3.8) is 0 Å². The van der Waals surface area contributed by atoms with Crippen molar-refractivity contribution in [2.45, 2.75) is 32.8 Å². The van der Waals surface area contributed by atoms with Gasteiger partial charge in [0.2, 0.25) is 5.91 Å². The Morgan fingerprint density at radius 1 is 1.28 bits per heavy atom. The second-order valence-corrected chi connectivity index (χ2v) is 6.78. The minimum Gasteiger partial charge on any atom is -0.450 e. The summed E-state index contributed by atoms with van der Waals surface area (Å²) in [5.41, 5.74) is 2.49. The van der Waals surface area contributed by atoms with E-state index >= 15 is 0 Å². The van der Waals surface area contributed by atoms with Crippen LogP contribution in [0.5, 0.6) is 0 Å². The molecule has 1 aliphatic rings. The van der Waals surface area contributed by atoms with Crippen LogP contribution in [0.3, 0.4) is 0 Å². The maximum Gasteiger partial charge on any atom is 0.290 e. The smallest absolute Gasteiger partial charge is 0.290 e. The van der Waals surface area contributed by atoms with E-state index in [0.717, 1.165) is 16.5 Å². The Balaban J connectivity index is 1.73. The van der Waals surface area contributed by atoms with Crippen LogP contribution in [0.25, 0.3) is 11.0 Å². The van der Waals surface area contributed by atoms with Crippen molar-refractivity contribution in [2.75, 3.05) is 26.7 Å². The van der Waals surface area contributed by atoms with E-state index in [1.807, 2.05) is 32.0 Å². The number of rotatable bonds is 3. The van der Waals surface area contributed by atoms with Crippen LogP contribution in [0.2, 0.25) is 0 Å². The number of hydrogen-bond acceptors (Lipinski definition) is 4. The van der Waals surface area contributed by atoms with Gasteiger partial charge in [-0.3, -0.25) is 9.59 Å². The molecular formula is C19H24N2O4.